The molecule has 27 heavy (non-hydrogen) atoms. The molecule has 142 valence electrons. The van der Waals surface area contributed by atoms with E-state index in [4.69, 9.17) is 4.52 Å². The van der Waals surface area contributed by atoms with Gasteiger partial charge in [-0.25, -0.2) is 4.98 Å². The molecule has 1 fully saturated rings. The minimum atomic E-state index is 0.161. The standard InChI is InChI=1S/C19H22N4O2S2/c1-13-17(14(2)25-21-13)10-22-4-6-23(7-5-22)18(24)9-16-12-27-19(20-16)15-3-8-26-11-15/h3,8,11-12H,4-7,9-10H2,1-2H3. The number of carbonyl (C=O) groups is 1. The van der Waals surface area contributed by atoms with Crippen LogP contribution in [0.25, 0.3) is 10.6 Å². The summed E-state index contributed by atoms with van der Waals surface area (Å²) in [5.74, 6) is 1.05. The maximum absolute atomic E-state index is 12.6. The first-order chi connectivity index (χ1) is 13.1. The summed E-state index contributed by atoms with van der Waals surface area (Å²) in [6.07, 6.45) is 0.379. The Balaban J connectivity index is 1.30. The molecule has 0 N–H and O–H groups in total. The predicted octanol–water partition coefficient (Wildman–Crippen LogP) is 3.36. The zero-order valence-corrected chi connectivity index (χ0v) is 17.1. The molecule has 4 rings (SSSR count). The summed E-state index contributed by atoms with van der Waals surface area (Å²) in [4.78, 5) is 21.6. The highest BCUT2D eigenvalue weighted by Crippen LogP contribution is 2.26. The Morgan fingerprint density at radius 1 is 1.22 bits per heavy atom. The first kappa shape index (κ1) is 18.3. The normalized spacial score (nSPS) is 15.4. The molecule has 0 radical (unpaired) electrons. The van der Waals surface area contributed by atoms with Crippen LogP contribution in [0.2, 0.25) is 0 Å². The van der Waals surface area contributed by atoms with Crippen LogP contribution in [-0.4, -0.2) is 52.0 Å². The molecule has 0 aliphatic carbocycles. The van der Waals surface area contributed by atoms with E-state index in [-0.39, 0.29) is 5.91 Å². The largest absolute Gasteiger partial charge is 0.361 e. The lowest BCUT2D eigenvalue weighted by molar-refractivity contribution is -0.132. The van der Waals surface area contributed by atoms with E-state index >= 15 is 0 Å². The molecule has 1 aliphatic heterocycles. The van der Waals surface area contributed by atoms with Crippen molar-refractivity contribution in [2.75, 3.05) is 26.2 Å². The Bertz CT molecular complexity index is 889. The van der Waals surface area contributed by atoms with Crippen LogP contribution in [0.5, 0.6) is 0 Å². The number of amides is 1. The highest BCUT2D eigenvalue weighted by molar-refractivity contribution is 7.14. The number of aryl methyl sites for hydroxylation is 2. The molecule has 0 saturated carbocycles. The summed E-state index contributed by atoms with van der Waals surface area (Å²) < 4.78 is 5.24. The summed E-state index contributed by atoms with van der Waals surface area (Å²) in [5, 5.41) is 11.1. The van der Waals surface area contributed by atoms with Crippen molar-refractivity contribution in [2.45, 2.75) is 26.8 Å². The molecule has 0 atom stereocenters. The molecule has 1 amide bonds. The van der Waals surface area contributed by atoms with Crippen molar-refractivity contribution in [1.82, 2.24) is 19.9 Å². The second-order valence-corrected chi connectivity index (χ2v) is 8.43. The molecule has 1 aliphatic rings. The van der Waals surface area contributed by atoms with Gasteiger partial charge in [-0.1, -0.05) is 5.16 Å². The summed E-state index contributed by atoms with van der Waals surface area (Å²) in [5.41, 5.74) is 4.12. The molecule has 4 heterocycles. The molecule has 6 nitrogen and oxygen atoms in total. The average molecular weight is 403 g/mol. The number of thiazole rings is 1. The maximum Gasteiger partial charge on any atom is 0.228 e. The average Bonchev–Trinajstić information content (AvgIpc) is 3.41. The molecular formula is C19H22N4O2S2. The van der Waals surface area contributed by atoms with E-state index in [2.05, 4.69) is 26.5 Å². The Morgan fingerprint density at radius 3 is 2.70 bits per heavy atom. The minimum absolute atomic E-state index is 0.161. The molecule has 8 heteroatoms. The van der Waals surface area contributed by atoms with Crippen molar-refractivity contribution in [2.24, 2.45) is 0 Å². The van der Waals surface area contributed by atoms with Crippen LogP contribution in [0, 0.1) is 13.8 Å². The van der Waals surface area contributed by atoms with E-state index in [1.54, 1.807) is 22.7 Å². The smallest absolute Gasteiger partial charge is 0.228 e. The third kappa shape index (κ3) is 4.12. The first-order valence-electron chi connectivity index (χ1n) is 8.99. The van der Waals surface area contributed by atoms with Gasteiger partial charge in [0.1, 0.15) is 10.8 Å². The zero-order valence-electron chi connectivity index (χ0n) is 15.5. The van der Waals surface area contributed by atoms with E-state index in [9.17, 15) is 4.79 Å². The van der Waals surface area contributed by atoms with Crippen LogP contribution < -0.4 is 0 Å². The highest BCUT2D eigenvalue weighted by atomic mass is 32.1. The van der Waals surface area contributed by atoms with Gasteiger partial charge in [-0.15, -0.1) is 11.3 Å². The van der Waals surface area contributed by atoms with E-state index < -0.39 is 0 Å². The number of hydrogen-bond donors (Lipinski definition) is 0. The van der Waals surface area contributed by atoms with Gasteiger partial charge in [0.15, 0.2) is 0 Å². The Morgan fingerprint density at radius 2 is 2.04 bits per heavy atom. The lowest BCUT2D eigenvalue weighted by Gasteiger charge is -2.34. The molecule has 3 aromatic heterocycles. The number of aromatic nitrogens is 2. The Hall–Kier alpha value is -2.03. The van der Waals surface area contributed by atoms with Gasteiger partial charge in [0.25, 0.3) is 0 Å². The van der Waals surface area contributed by atoms with Gasteiger partial charge in [-0.2, -0.15) is 11.3 Å². The second-order valence-electron chi connectivity index (χ2n) is 6.79. The molecular weight excluding hydrogens is 380 g/mol. The number of carbonyl (C=O) groups excluding carboxylic acids is 1. The summed E-state index contributed by atoms with van der Waals surface area (Å²) in [6, 6.07) is 2.06. The van der Waals surface area contributed by atoms with Gasteiger partial charge in [0.05, 0.1) is 17.8 Å². The van der Waals surface area contributed by atoms with Crippen molar-refractivity contribution in [3.8, 4) is 10.6 Å². The van der Waals surface area contributed by atoms with Gasteiger partial charge in [0.2, 0.25) is 5.91 Å². The second kappa shape index (κ2) is 7.92. The number of rotatable bonds is 5. The predicted molar refractivity (Wildman–Crippen MR) is 107 cm³/mol. The highest BCUT2D eigenvalue weighted by Gasteiger charge is 2.23. The first-order valence-corrected chi connectivity index (χ1v) is 10.8. The third-order valence-corrected chi connectivity index (χ3v) is 6.56. The molecule has 0 unspecified atom stereocenters. The molecule has 3 aromatic rings. The fraction of sp³-hybridized carbons (Fsp3) is 0.421. The van der Waals surface area contributed by atoms with Crippen molar-refractivity contribution in [3.63, 3.8) is 0 Å². The van der Waals surface area contributed by atoms with Crippen LogP contribution >= 0.6 is 22.7 Å². The van der Waals surface area contributed by atoms with Gasteiger partial charge in [-0.05, 0) is 25.3 Å². The quantitative estimate of drug-likeness (QED) is 0.655. The molecule has 0 aromatic carbocycles. The fourth-order valence-corrected chi connectivity index (χ4v) is 4.81. The van der Waals surface area contributed by atoms with Crippen molar-refractivity contribution >= 4 is 28.6 Å². The van der Waals surface area contributed by atoms with E-state index in [1.807, 2.05) is 29.5 Å². The molecule has 0 spiro atoms. The van der Waals surface area contributed by atoms with E-state index in [0.29, 0.717) is 6.42 Å². The van der Waals surface area contributed by atoms with Crippen LogP contribution in [0.3, 0.4) is 0 Å². The monoisotopic (exact) mass is 402 g/mol. The Kier molecular flexibility index (Phi) is 5.38. The number of piperazine rings is 1. The fourth-order valence-electron chi connectivity index (χ4n) is 3.28. The van der Waals surface area contributed by atoms with Gasteiger partial charge >= 0.3 is 0 Å². The van der Waals surface area contributed by atoms with Crippen molar-refractivity contribution < 1.29 is 9.32 Å². The third-order valence-electron chi connectivity index (χ3n) is 4.94. The van der Waals surface area contributed by atoms with Gasteiger partial charge < -0.3 is 9.42 Å². The zero-order chi connectivity index (χ0) is 18.8. The lowest BCUT2D eigenvalue weighted by atomic mass is 10.1. The summed E-state index contributed by atoms with van der Waals surface area (Å²) in [6.45, 7) is 8.00. The van der Waals surface area contributed by atoms with Crippen LogP contribution in [0.1, 0.15) is 22.7 Å². The topological polar surface area (TPSA) is 62.5 Å². The lowest BCUT2D eigenvalue weighted by Crippen LogP contribution is -2.48. The number of hydrogen-bond acceptors (Lipinski definition) is 7. The van der Waals surface area contributed by atoms with E-state index in [1.165, 1.54) is 5.56 Å². The van der Waals surface area contributed by atoms with Gasteiger partial charge in [0, 0.05) is 54.6 Å². The minimum Gasteiger partial charge on any atom is -0.361 e. The van der Waals surface area contributed by atoms with Crippen LogP contribution in [0.15, 0.2) is 26.7 Å². The maximum atomic E-state index is 12.6. The Labute approximate surface area is 166 Å². The van der Waals surface area contributed by atoms with Gasteiger partial charge in [-0.3, -0.25) is 9.69 Å². The SMILES string of the molecule is Cc1noc(C)c1CN1CCN(C(=O)Cc2csc(-c3ccsc3)n2)CC1. The molecule has 1 saturated heterocycles. The molecule has 0 bridgehead atoms. The van der Waals surface area contributed by atoms with Crippen molar-refractivity contribution in [3.05, 3.63) is 44.9 Å². The summed E-state index contributed by atoms with van der Waals surface area (Å²) >= 11 is 3.26. The number of thiophene rings is 1. The van der Waals surface area contributed by atoms with Crippen LogP contribution in [-0.2, 0) is 17.8 Å². The summed E-state index contributed by atoms with van der Waals surface area (Å²) in [7, 11) is 0. The van der Waals surface area contributed by atoms with E-state index in [0.717, 1.165) is 60.4 Å². The van der Waals surface area contributed by atoms with Crippen molar-refractivity contribution in [1.29, 1.82) is 0 Å². The van der Waals surface area contributed by atoms with Crippen LogP contribution in [0.4, 0.5) is 0 Å². The number of nitrogens with zero attached hydrogens (tertiary/aromatic N) is 4.